The molecule has 3 heteroatoms. The van der Waals surface area contributed by atoms with E-state index in [-0.39, 0.29) is 6.61 Å². The summed E-state index contributed by atoms with van der Waals surface area (Å²) in [6.07, 6.45) is 0. The van der Waals surface area contributed by atoms with E-state index in [0.29, 0.717) is 0 Å². The molecule has 0 bridgehead atoms. The fraction of sp³-hybridized carbons (Fsp3) is 0.250. The molecule has 0 aliphatic rings. The van der Waals surface area contributed by atoms with Gasteiger partial charge >= 0.3 is 0 Å². The summed E-state index contributed by atoms with van der Waals surface area (Å²) in [7, 11) is 0. The van der Waals surface area contributed by atoms with Crippen LogP contribution in [0.1, 0.15) is 11.6 Å². The van der Waals surface area contributed by atoms with Gasteiger partial charge in [0.15, 0.2) is 0 Å². The molecule has 0 aromatic heterocycles. The van der Waals surface area contributed by atoms with Crippen LogP contribution in [-0.4, -0.2) is 11.7 Å². The summed E-state index contributed by atoms with van der Waals surface area (Å²) >= 11 is 0. The Morgan fingerprint density at radius 2 is 2.00 bits per heavy atom. The molecule has 58 valence electrons. The van der Waals surface area contributed by atoms with E-state index in [1.807, 2.05) is 18.2 Å². The fourth-order valence-electron chi connectivity index (χ4n) is 0.875. The Hall–Kier alpha value is -1.22. The van der Waals surface area contributed by atoms with Crippen LogP contribution in [0.15, 0.2) is 35.5 Å². The molecule has 0 heterocycles. The van der Waals surface area contributed by atoms with Gasteiger partial charge in [-0.25, -0.2) is 0 Å². The molecular formula is C8H9NO2. The van der Waals surface area contributed by atoms with Crippen LogP contribution in [-0.2, 0) is 0 Å². The van der Waals surface area contributed by atoms with E-state index in [0.717, 1.165) is 5.56 Å². The van der Waals surface area contributed by atoms with Gasteiger partial charge in [0.05, 0.1) is 6.61 Å². The molecular weight excluding hydrogens is 142 g/mol. The molecule has 1 aromatic carbocycles. The van der Waals surface area contributed by atoms with Gasteiger partial charge in [-0.2, -0.15) is 4.91 Å². The molecule has 3 nitrogen and oxygen atoms in total. The zero-order chi connectivity index (χ0) is 8.10. The molecule has 0 spiro atoms. The zero-order valence-electron chi connectivity index (χ0n) is 5.97. The van der Waals surface area contributed by atoms with Gasteiger partial charge in [-0.05, 0) is 5.56 Å². The Morgan fingerprint density at radius 3 is 2.45 bits per heavy atom. The van der Waals surface area contributed by atoms with Crippen LogP contribution in [0.4, 0.5) is 0 Å². The number of nitroso groups, excluding NO2 is 1. The quantitative estimate of drug-likeness (QED) is 0.665. The number of nitrogens with zero attached hydrogens (tertiary/aromatic N) is 1. The summed E-state index contributed by atoms with van der Waals surface area (Å²) in [6, 6.07) is 8.39. The minimum Gasteiger partial charge on any atom is -0.394 e. The second-order valence-electron chi connectivity index (χ2n) is 2.21. The maximum atomic E-state index is 10.1. The van der Waals surface area contributed by atoms with Crippen LogP contribution in [0.5, 0.6) is 0 Å². The van der Waals surface area contributed by atoms with Gasteiger partial charge in [0, 0.05) is 0 Å². The highest BCUT2D eigenvalue weighted by Gasteiger charge is 2.07. The van der Waals surface area contributed by atoms with Gasteiger partial charge in [0.1, 0.15) is 6.04 Å². The minimum absolute atomic E-state index is 0.229. The fourth-order valence-corrected chi connectivity index (χ4v) is 0.875. The first-order chi connectivity index (χ1) is 5.38. The summed E-state index contributed by atoms with van der Waals surface area (Å²) in [6.45, 7) is -0.229. The molecule has 1 atom stereocenters. The molecule has 0 saturated carbocycles. The Bertz CT molecular complexity index is 223. The lowest BCUT2D eigenvalue weighted by Crippen LogP contribution is -1.98. The molecule has 1 N–H and O–H groups in total. The molecule has 0 saturated heterocycles. The summed E-state index contributed by atoms with van der Waals surface area (Å²) in [5.41, 5.74) is 0.755. The summed E-state index contributed by atoms with van der Waals surface area (Å²) in [4.78, 5) is 10.1. The lowest BCUT2D eigenvalue weighted by Gasteiger charge is -2.03. The van der Waals surface area contributed by atoms with Gasteiger partial charge in [0.2, 0.25) is 0 Å². The van der Waals surface area contributed by atoms with Crippen molar-refractivity contribution in [2.45, 2.75) is 6.04 Å². The zero-order valence-corrected chi connectivity index (χ0v) is 5.97. The first-order valence-electron chi connectivity index (χ1n) is 3.36. The topological polar surface area (TPSA) is 49.7 Å². The normalized spacial score (nSPS) is 12.5. The Kier molecular flexibility index (Phi) is 2.74. The molecule has 0 amide bonds. The third-order valence-electron chi connectivity index (χ3n) is 1.48. The summed E-state index contributed by atoms with van der Waals surface area (Å²) < 4.78 is 0. The lowest BCUT2D eigenvalue weighted by molar-refractivity contribution is 0.268. The van der Waals surface area contributed by atoms with Crippen molar-refractivity contribution in [2.24, 2.45) is 5.18 Å². The molecule has 0 aliphatic heterocycles. The number of benzene rings is 1. The average Bonchev–Trinajstić information content (AvgIpc) is 2.09. The third kappa shape index (κ3) is 1.85. The van der Waals surface area contributed by atoms with Crippen molar-refractivity contribution in [1.29, 1.82) is 0 Å². The molecule has 1 unspecified atom stereocenters. The first kappa shape index (κ1) is 7.88. The number of hydrogen-bond acceptors (Lipinski definition) is 3. The number of rotatable bonds is 3. The predicted molar refractivity (Wildman–Crippen MR) is 42.1 cm³/mol. The van der Waals surface area contributed by atoms with E-state index in [4.69, 9.17) is 5.11 Å². The summed E-state index contributed by atoms with van der Waals surface area (Å²) in [5.74, 6) is 0. The highest BCUT2D eigenvalue weighted by Crippen LogP contribution is 2.14. The van der Waals surface area contributed by atoms with E-state index in [2.05, 4.69) is 5.18 Å². The standard InChI is InChI=1S/C8H9NO2/c10-6-8(9-11)7-4-2-1-3-5-7/h1-5,8,10H,6H2. The van der Waals surface area contributed by atoms with Gasteiger partial charge < -0.3 is 5.11 Å². The Labute approximate surface area is 64.7 Å². The molecule has 1 aromatic rings. The molecule has 1 rings (SSSR count). The van der Waals surface area contributed by atoms with Gasteiger partial charge in [0.25, 0.3) is 0 Å². The van der Waals surface area contributed by atoms with E-state index in [1.54, 1.807) is 12.1 Å². The summed E-state index contributed by atoms with van der Waals surface area (Å²) in [5, 5.41) is 11.5. The van der Waals surface area contributed by atoms with E-state index >= 15 is 0 Å². The van der Waals surface area contributed by atoms with Crippen molar-refractivity contribution in [3.63, 3.8) is 0 Å². The second-order valence-corrected chi connectivity index (χ2v) is 2.21. The molecule has 0 aliphatic carbocycles. The largest absolute Gasteiger partial charge is 0.394 e. The third-order valence-corrected chi connectivity index (χ3v) is 1.48. The monoisotopic (exact) mass is 151 g/mol. The second kappa shape index (κ2) is 3.83. The van der Waals surface area contributed by atoms with Gasteiger partial charge in [-0.1, -0.05) is 35.5 Å². The van der Waals surface area contributed by atoms with Crippen molar-refractivity contribution in [1.82, 2.24) is 0 Å². The lowest BCUT2D eigenvalue weighted by atomic mass is 10.1. The van der Waals surface area contributed by atoms with Crippen molar-refractivity contribution in [3.8, 4) is 0 Å². The van der Waals surface area contributed by atoms with E-state index in [1.165, 1.54) is 0 Å². The van der Waals surface area contributed by atoms with Crippen LogP contribution < -0.4 is 0 Å². The Balaban J connectivity index is 2.82. The van der Waals surface area contributed by atoms with E-state index < -0.39 is 6.04 Å². The first-order valence-corrected chi connectivity index (χ1v) is 3.36. The Morgan fingerprint density at radius 1 is 1.36 bits per heavy atom. The van der Waals surface area contributed by atoms with Crippen molar-refractivity contribution in [2.75, 3.05) is 6.61 Å². The molecule has 11 heavy (non-hydrogen) atoms. The highest BCUT2D eigenvalue weighted by atomic mass is 16.3. The van der Waals surface area contributed by atoms with Crippen LogP contribution in [0.3, 0.4) is 0 Å². The number of hydrogen-bond donors (Lipinski definition) is 1. The van der Waals surface area contributed by atoms with Crippen LogP contribution in [0, 0.1) is 4.91 Å². The van der Waals surface area contributed by atoms with Gasteiger partial charge in [-0.15, -0.1) is 0 Å². The van der Waals surface area contributed by atoms with Crippen molar-refractivity contribution < 1.29 is 5.11 Å². The maximum absolute atomic E-state index is 10.1. The minimum atomic E-state index is -0.615. The molecule has 0 radical (unpaired) electrons. The van der Waals surface area contributed by atoms with E-state index in [9.17, 15) is 4.91 Å². The smallest absolute Gasteiger partial charge is 0.140 e. The average molecular weight is 151 g/mol. The van der Waals surface area contributed by atoms with Crippen LogP contribution >= 0.6 is 0 Å². The SMILES string of the molecule is O=NC(CO)c1ccccc1. The van der Waals surface area contributed by atoms with Crippen molar-refractivity contribution >= 4 is 0 Å². The van der Waals surface area contributed by atoms with Crippen molar-refractivity contribution in [3.05, 3.63) is 40.8 Å². The maximum Gasteiger partial charge on any atom is 0.140 e. The predicted octanol–water partition coefficient (Wildman–Crippen LogP) is 1.49. The highest BCUT2D eigenvalue weighted by molar-refractivity contribution is 5.18. The number of aliphatic hydroxyl groups excluding tert-OH is 1. The number of aliphatic hydroxyl groups is 1. The van der Waals surface area contributed by atoms with Crippen LogP contribution in [0.2, 0.25) is 0 Å². The molecule has 0 fully saturated rings. The van der Waals surface area contributed by atoms with Gasteiger partial charge in [-0.3, -0.25) is 0 Å². The van der Waals surface area contributed by atoms with Crippen LogP contribution in [0.25, 0.3) is 0 Å².